The molecular formula is C21H25N3O2S. The molecule has 2 aliphatic rings. The van der Waals surface area contributed by atoms with Crippen LogP contribution in [0, 0.1) is 11.8 Å². The van der Waals surface area contributed by atoms with Gasteiger partial charge in [-0.25, -0.2) is 4.98 Å². The number of aromatic nitrogens is 1. The van der Waals surface area contributed by atoms with Gasteiger partial charge in [0.1, 0.15) is 5.69 Å². The first-order valence-electron chi connectivity index (χ1n) is 9.50. The number of thiazole rings is 1. The Bertz CT molecular complexity index is 835. The van der Waals surface area contributed by atoms with Crippen molar-refractivity contribution >= 4 is 23.2 Å². The minimum absolute atomic E-state index is 0.00566. The lowest BCUT2D eigenvalue weighted by atomic mass is 9.88. The van der Waals surface area contributed by atoms with Gasteiger partial charge in [0.25, 0.3) is 5.91 Å². The molecule has 1 aliphatic carbocycles. The molecule has 6 heteroatoms. The van der Waals surface area contributed by atoms with Crippen molar-refractivity contribution in [3.63, 3.8) is 0 Å². The number of nitrogens with zero attached hydrogens (tertiary/aromatic N) is 3. The largest absolute Gasteiger partial charge is 0.345 e. The van der Waals surface area contributed by atoms with Crippen molar-refractivity contribution in [3.05, 3.63) is 52.0 Å². The fourth-order valence-corrected chi connectivity index (χ4v) is 5.21. The van der Waals surface area contributed by atoms with Crippen LogP contribution in [0.2, 0.25) is 0 Å². The molecule has 27 heavy (non-hydrogen) atoms. The molecule has 1 aliphatic heterocycles. The highest BCUT2D eigenvalue weighted by molar-refractivity contribution is 7.09. The van der Waals surface area contributed by atoms with Crippen molar-refractivity contribution in [1.29, 1.82) is 0 Å². The van der Waals surface area contributed by atoms with E-state index >= 15 is 0 Å². The van der Waals surface area contributed by atoms with Gasteiger partial charge in [-0.1, -0.05) is 30.3 Å². The normalized spacial score (nSPS) is 24.7. The number of piperidine rings is 1. The maximum Gasteiger partial charge on any atom is 0.273 e. The second-order valence-electron chi connectivity index (χ2n) is 7.83. The van der Waals surface area contributed by atoms with Gasteiger partial charge in [0.15, 0.2) is 0 Å². The van der Waals surface area contributed by atoms with Gasteiger partial charge in [0.05, 0.1) is 5.01 Å². The molecule has 1 saturated heterocycles. The summed E-state index contributed by atoms with van der Waals surface area (Å²) in [6.45, 7) is 0.819. The first kappa shape index (κ1) is 18.2. The van der Waals surface area contributed by atoms with E-state index in [1.165, 1.54) is 5.56 Å². The Kier molecular flexibility index (Phi) is 5.00. The highest BCUT2D eigenvalue weighted by Gasteiger charge is 2.42. The van der Waals surface area contributed by atoms with Gasteiger partial charge in [0, 0.05) is 44.9 Å². The van der Waals surface area contributed by atoms with E-state index in [4.69, 9.17) is 0 Å². The van der Waals surface area contributed by atoms with Crippen LogP contribution in [0.25, 0.3) is 0 Å². The van der Waals surface area contributed by atoms with Crippen LogP contribution in [0.1, 0.15) is 40.3 Å². The number of hydrogen-bond acceptors (Lipinski definition) is 4. The molecule has 0 spiro atoms. The highest BCUT2D eigenvalue weighted by Crippen LogP contribution is 2.40. The lowest BCUT2D eigenvalue weighted by molar-refractivity contribution is -0.134. The van der Waals surface area contributed by atoms with Crippen LogP contribution in [0.4, 0.5) is 0 Å². The maximum absolute atomic E-state index is 12.9. The molecule has 1 aromatic heterocycles. The Morgan fingerprint density at radius 1 is 1.26 bits per heavy atom. The predicted molar refractivity (Wildman–Crippen MR) is 106 cm³/mol. The number of benzene rings is 1. The monoisotopic (exact) mass is 383 g/mol. The Morgan fingerprint density at radius 2 is 2.00 bits per heavy atom. The van der Waals surface area contributed by atoms with Crippen LogP contribution < -0.4 is 0 Å². The molecule has 5 nitrogen and oxygen atoms in total. The molecular weight excluding hydrogens is 358 g/mol. The minimum Gasteiger partial charge on any atom is -0.345 e. The van der Waals surface area contributed by atoms with E-state index in [0.29, 0.717) is 24.0 Å². The zero-order chi connectivity index (χ0) is 19.0. The molecule has 1 aromatic carbocycles. The molecule has 2 aromatic rings. The maximum atomic E-state index is 12.9. The topological polar surface area (TPSA) is 53.5 Å². The van der Waals surface area contributed by atoms with Gasteiger partial charge in [-0.2, -0.15) is 0 Å². The third-order valence-corrected chi connectivity index (χ3v) is 6.87. The number of carbonyl (C=O) groups is 2. The Morgan fingerprint density at radius 3 is 2.78 bits per heavy atom. The number of likely N-dealkylation sites (tertiary alicyclic amines) is 1. The minimum atomic E-state index is -0.00566. The van der Waals surface area contributed by atoms with Gasteiger partial charge >= 0.3 is 0 Å². The van der Waals surface area contributed by atoms with Crippen LogP contribution in [0.3, 0.4) is 0 Å². The van der Waals surface area contributed by atoms with E-state index in [-0.39, 0.29) is 17.9 Å². The Balaban J connectivity index is 1.40. The van der Waals surface area contributed by atoms with E-state index in [0.717, 1.165) is 30.8 Å². The van der Waals surface area contributed by atoms with Crippen molar-refractivity contribution in [1.82, 2.24) is 14.8 Å². The summed E-state index contributed by atoms with van der Waals surface area (Å²) < 4.78 is 0. The average Bonchev–Trinajstić information content (AvgIpc) is 3.29. The smallest absolute Gasteiger partial charge is 0.273 e. The lowest BCUT2D eigenvalue weighted by Crippen LogP contribution is -2.40. The summed E-state index contributed by atoms with van der Waals surface area (Å²) in [7, 11) is 3.76. The summed E-state index contributed by atoms with van der Waals surface area (Å²) in [5, 5.41) is 2.83. The summed E-state index contributed by atoms with van der Waals surface area (Å²) >= 11 is 1.54. The number of hydrogen-bond donors (Lipinski definition) is 0. The second kappa shape index (κ2) is 7.43. The third-order valence-electron chi connectivity index (χ3n) is 6.02. The molecule has 3 atom stereocenters. The fraction of sp³-hybridized carbons (Fsp3) is 0.476. The average molecular weight is 384 g/mol. The highest BCUT2D eigenvalue weighted by atomic mass is 32.1. The number of amides is 2. The van der Waals surface area contributed by atoms with E-state index in [2.05, 4.69) is 17.1 Å². The fourth-order valence-electron chi connectivity index (χ4n) is 4.41. The first-order chi connectivity index (χ1) is 13.0. The number of carbonyl (C=O) groups excluding carboxylic acids is 2. The van der Waals surface area contributed by atoms with E-state index in [9.17, 15) is 9.59 Å². The second-order valence-corrected chi connectivity index (χ2v) is 8.77. The molecule has 2 fully saturated rings. The zero-order valence-corrected chi connectivity index (χ0v) is 16.6. The molecule has 0 radical (unpaired) electrons. The summed E-state index contributed by atoms with van der Waals surface area (Å²) in [4.78, 5) is 33.1. The van der Waals surface area contributed by atoms with Crippen molar-refractivity contribution < 1.29 is 9.59 Å². The van der Waals surface area contributed by atoms with Crippen LogP contribution in [0.5, 0.6) is 0 Å². The summed E-state index contributed by atoms with van der Waals surface area (Å²) in [6, 6.07) is 10.4. The van der Waals surface area contributed by atoms with Crippen LogP contribution in [-0.2, 0) is 11.2 Å². The van der Waals surface area contributed by atoms with Gasteiger partial charge in [-0.3, -0.25) is 9.59 Å². The van der Waals surface area contributed by atoms with E-state index in [1.54, 1.807) is 11.3 Å². The molecule has 1 saturated carbocycles. The van der Waals surface area contributed by atoms with Gasteiger partial charge < -0.3 is 9.80 Å². The van der Waals surface area contributed by atoms with Crippen molar-refractivity contribution in [2.24, 2.45) is 11.8 Å². The van der Waals surface area contributed by atoms with E-state index < -0.39 is 0 Å². The summed E-state index contributed by atoms with van der Waals surface area (Å²) in [6.07, 6.45) is 3.28. The molecule has 142 valence electrons. The number of rotatable bonds is 4. The molecule has 2 amide bonds. The lowest BCUT2D eigenvalue weighted by Gasteiger charge is -2.31. The van der Waals surface area contributed by atoms with Crippen LogP contribution in [0.15, 0.2) is 35.7 Å². The van der Waals surface area contributed by atoms with Crippen molar-refractivity contribution in [2.45, 2.75) is 31.7 Å². The predicted octanol–water partition coefficient (Wildman–Crippen LogP) is 3.06. The molecule has 4 rings (SSSR count). The van der Waals surface area contributed by atoms with Crippen molar-refractivity contribution in [2.75, 3.05) is 20.6 Å². The molecule has 0 N–H and O–H groups in total. The SMILES string of the molecule is CN1C[C@H]2C[C@@H](N(C)C(=O)c3csc(Cc4ccccc4)n3)C[C@H]2CC1=O. The van der Waals surface area contributed by atoms with Crippen LogP contribution in [-0.4, -0.2) is 53.3 Å². The Labute approximate surface area is 164 Å². The zero-order valence-electron chi connectivity index (χ0n) is 15.8. The van der Waals surface area contributed by atoms with E-state index in [1.807, 2.05) is 47.5 Å². The van der Waals surface area contributed by atoms with Crippen molar-refractivity contribution in [3.8, 4) is 0 Å². The molecule has 0 bridgehead atoms. The Hall–Kier alpha value is -2.21. The quantitative estimate of drug-likeness (QED) is 0.815. The first-order valence-corrected chi connectivity index (χ1v) is 10.4. The van der Waals surface area contributed by atoms with Gasteiger partial charge in [-0.15, -0.1) is 11.3 Å². The van der Waals surface area contributed by atoms with Gasteiger partial charge in [-0.05, 0) is 30.2 Å². The van der Waals surface area contributed by atoms with Crippen LogP contribution >= 0.6 is 11.3 Å². The summed E-state index contributed by atoms with van der Waals surface area (Å²) in [5.74, 6) is 1.15. The molecule has 0 unspecified atom stereocenters. The standard InChI is InChI=1S/C21H25N3O2S/c1-23-12-16-10-17(9-15(16)11-20(23)25)24(2)21(26)18-13-27-19(22-18)8-14-6-4-3-5-7-14/h3-7,13,15-17H,8-12H2,1-2H3/t15-,16+,17-/m0/s1. The third kappa shape index (κ3) is 3.76. The number of fused-ring (bicyclic) bond motifs is 1. The van der Waals surface area contributed by atoms with Gasteiger partial charge in [0.2, 0.25) is 5.91 Å². The summed E-state index contributed by atoms with van der Waals surface area (Å²) in [5.41, 5.74) is 1.74. The molecule has 2 heterocycles.